The number of carbonyl (C=O) groups excluding carboxylic acids is 1. The molecule has 0 saturated carbocycles. The van der Waals surface area contributed by atoms with Crippen LogP contribution >= 0.6 is 12.4 Å². The molecule has 23 heavy (non-hydrogen) atoms. The van der Waals surface area contributed by atoms with Gasteiger partial charge in [-0.25, -0.2) is 4.68 Å². The van der Waals surface area contributed by atoms with Gasteiger partial charge < -0.3 is 10.6 Å². The molecule has 0 saturated heterocycles. The van der Waals surface area contributed by atoms with Crippen LogP contribution in [0.1, 0.15) is 30.6 Å². The maximum Gasteiger partial charge on any atom is 0.253 e. The van der Waals surface area contributed by atoms with Crippen molar-refractivity contribution in [3.8, 4) is 5.69 Å². The molecule has 1 amide bonds. The van der Waals surface area contributed by atoms with Crippen molar-refractivity contribution >= 4 is 18.3 Å². The maximum atomic E-state index is 12.4. The zero-order chi connectivity index (χ0) is 16.1. The van der Waals surface area contributed by atoms with E-state index in [0.29, 0.717) is 18.0 Å². The Labute approximate surface area is 142 Å². The second kappa shape index (κ2) is 8.59. The molecule has 126 valence electrons. The minimum absolute atomic E-state index is 0. The van der Waals surface area contributed by atoms with Crippen molar-refractivity contribution in [3.63, 3.8) is 0 Å². The zero-order valence-electron chi connectivity index (χ0n) is 13.6. The van der Waals surface area contributed by atoms with E-state index in [-0.39, 0.29) is 24.4 Å². The first-order valence-electron chi connectivity index (χ1n) is 7.33. The molecular weight excluding hydrogens is 316 g/mol. The fourth-order valence-corrected chi connectivity index (χ4v) is 2.03. The molecule has 0 spiro atoms. The van der Waals surface area contributed by atoms with Crippen LogP contribution in [0.4, 0.5) is 0 Å². The Bertz CT molecular complexity index is 599. The topological polar surface area (TPSA) is 89.9 Å². The Kier molecular flexibility index (Phi) is 7.12. The lowest BCUT2D eigenvalue weighted by atomic mass is 10.0. The van der Waals surface area contributed by atoms with E-state index in [2.05, 4.69) is 29.4 Å². The van der Waals surface area contributed by atoms with Crippen molar-refractivity contribution < 1.29 is 4.79 Å². The van der Waals surface area contributed by atoms with Gasteiger partial charge in [0, 0.05) is 25.2 Å². The van der Waals surface area contributed by atoms with Gasteiger partial charge in [-0.2, -0.15) is 0 Å². The summed E-state index contributed by atoms with van der Waals surface area (Å²) in [4.78, 5) is 14.1. The average Bonchev–Trinajstić information content (AvgIpc) is 3.06. The summed E-state index contributed by atoms with van der Waals surface area (Å²) < 4.78 is 1.54. The van der Waals surface area contributed by atoms with E-state index in [0.717, 1.165) is 12.1 Å². The van der Waals surface area contributed by atoms with Gasteiger partial charge in [0.25, 0.3) is 5.91 Å². The highest BCUT2D eigenvalue weighted by Gasteiger charge is 2.14. The summed E-state index contributed by atoms with van der Waals surface area (Å²) in [7, 11) is 1.80. The molecule has 2 rings (SSSR count). The maximum absolute atomic E-state index is 12.4. The fourth-order valence-electron chi connectivity index (χ4n) is 2.03. The van der Waals surface area contributed by atoms with Crippen molar-refractivity contribution in [1.82, 2.24) is 25.1 Å². The lowest BCUT2D eigenvalue weighted by molar-refractivity contribution is 0.0789. The Balaban J connectivity index is 0.00000264. The van der Waals surface area contributed by atoms with Crippen molar-refractivity contribution in [1.29, 1.82) is 0 Å². The van der Waals surface area contributed by atoms with E-state index in [1.165, 1.54) is 6.33 Å². The highest BCUT2D eigenvalue weighted by molar-refractivity contribution is 5.94. The molecule has 0 aliphatic rings. The molecule has 0 fully saturated rings. The van der Waals surface area contributed by atoms with Gasteiger partial charge in [0.2, 0.25) is 0 Å². The molecule has 1 atom stereocenters. The van der Waals surface area contributed by atoms with Crippen molar-refractivity contribution in [2.45, 2.75) is 26.3 Å². The number of hydrogen-bond acceptors (Lipinski definition) is 5. The first-order chi connectivity index (χ1) is 10.5. The van der Waals surface area contributed by atoms with E-state index < -0.39 is 0 Å². The van der Waals surface area contributed by atoms with Crippen LogP contribution in [0.2, 0.25) is 0 Å². The molecule has 1 heterocycles. The van der Waals surface area contributed by atoms with Gasteiger partial charge in [-0.3, -0.25) is 4.79 Å². The first kappa shape index (κ1) is 19.1. The first-order valence-corrected chi connectivity index (χ1v) is 7.33. The summed E-state index contributed by atoms with van der Waals surface area (Å²) in [5.41, 5.74) is 7.47. The lowest BCUT2D eigenvalue weighted by Crippen LogP contribution is -2.34. The minimum Gasteiger partial charge on any atom is -0.342 e. The van der Waals surface area contributed by atoms with Crippen LogP contribution in [-0.2, 0) is 0 Å². The van der Waals surface area contributed by atoms with Crippen LogP contribution in [0.3, 0.4) is 0 Å². The molecule has 7 nitrogen and oxygen atoms in total. The largest absolute Gasteiger partial charge is 0.342 e. The third kappa shape index (κ3) is 5.01. The number of halogens is 1. The van der Waals surface area contributed by atoms with Crippen molar-refractivity contribution in [2.24, 2.45) is 11.7 Å². The standard InChI is InChI=1S/C15H22N6O.ClH/c1-11(2)14(16)8-9-20(3)15(22)12-4-6-13(7-5-12)21-10-17-18-19-21;/h4-7,10-11,14H,8-9,16H2,1-3H3;1H. The molecule has 0 bridgehead atoms. The number of benzene rings is 1. The SMILES string of the molecule is CC(C)C(N)CCN(C)C(=O)c1ccc(-n2cnnn2)cc1.Cl. The van der Waals surface area contributed by atoms with Crippen molar-refractivity contribution in [3.05, 3.63) is 36.2 Å². The number of tetrazole rings is 1. The number of aromatic nitrogens is 4. The van der Waals surface area contributed by atoms with E-state index >= 15 is 0 Å². The summed E-state index contributed by atoms with van der Waals surface area (Å²) in [5.74, 6) is 0.401. The number of nitrogens with two attached hydrogens (primary N) is 1. The number of nitrogens with zero attached hydrogens (tertiary/aromatic N) is 5. The normalized spacial score (nSPS) is 11.9. The molecule has 1 aromatic carbocycles. The monoisotopic (exact) mass is 338 g/mol. The molecule has 2 N–H and O–H groups in total. The molecule has 0 aliphatic carbocycles. The predicted molar refractivity (Wildman–Crippen MR) is 90.8 cm³/mol. The second-order valence-electron chi connectivity index (χ2n) is 5.72. The Morgan fingerprint density at radius 3 is 2.48 bits per heavy atom. The van der Waals surface area contributed by atoms with E-state index in [1.807, 2.05) is 12.1 Å². The number of amides is 1. The van der Waals surface area contributed by atoms with Gasteiger partial charge >= 0.3 is 0 Å². The molecule has 2 aromatic rings. The van der Waals surface area contributed by atoms with Crippen LogP contribution in [0.5, 0.6) is 0 Å². The Hall–Kier alpha value is -1.99. The highest BCUT2D eigenvalue weighted by atomic mass is 35.5. The summed E-state index contributed by atoms with van der Waals surface area (Å²) in [6, 6.07) is 7.29. The highest BCUT2D eigenvalue weighted by Crippen LogP contribution is 2.11. The summed E-state index contributed by atoms with van der Waals surface area (Å²) in [6.45, 7) is 4.82. The third-order valence-electron chi connectivity index (χ3n) is 3.73. The Morgan fingerprint density at radius 2 is 1.96 bits per heavy atom. The lowest BCUT2D eigenvalue weighted by Gasteiger charge is -2.21. The summed E-state index contributed by atoms with van der Waals surface area (Å²) in [5, 5.41) is 11.0. The molecular formula is C15H23ClN6O. The van der Waals surface area contributed by atoms with Gasteiger partial charge in [-0.1, -0.05) is 13.8 Å². The zero-order valence-corrected chi connectivity index (χ0v) is 14.4. The fraction of sp³-hybridized carbons (Fsp3) is 0.467. The summed E-state index contributed by atoms with van der Waals surface area (Å²) >= 11 is 0. The van der Waals surface area contributed by atoms with Crippen LogP contribution in [-0.4, -0.2) is 50.6 Å². The molecule has 0 aliphatic heterocycles. The van der Waals surface area contributed by atoms with Crippen LogP contribution in [0.25, 0.3) is 5.69 Å². The average molecular weight is 339 g/mol. The van der Waals surface area contributed by atoms with Crippen LogP contribution in [0.15, 0.2) is 30.6 Å². The van der Waals surface area contributed by atoms with Gasteiger partial charge in [0.1, 0.15) is 6.33 Å². The second-order valence-corrected chi connectivity index (χ2v) is 5.72. The quantitative estimate of drug-likeness (QED) is 0.862. The molecule has 1 unspecified atom stereocenters. The summed E-state index contributed by atoms with van der Waals surface area (Å²) in [6.07, 6.45) is 2.30. The van der Waals surface area contributed by atoms with E-state index in [9.17, 15) is 4.79 Å². The van der Waals surface area contributed by atoms with Gasteiger partial charge in [0.05, 0.1) is 5.69 Å². The van der Waals surface area contributed by atoms with Crippen molar-refractivity contribution in [2.75, 3.05) is 13.6 Å². The third-order valence-corrected chi connectivity index (χ3v) is 3.73. The van der Waals surface area contributed by atoms with Gasteiger partial charge in [-0.15, -0.1) is 17.5 Å². The van der Waals surface area contributed by atoms with Gasteiger partial charge in [0.15, 0.2) is 0 Å². The Morgan fingerprint density at radius 1 is 1.30 bits per heavy atom. The van der Waals surface area contributed by atoms with E-state index in [4.69, 9.17) is 5.73 Å². The molecule has 8 heteroatoms. The smallest absolute Gasteiger partial charge is 0.253 e. The number of carbonyl (C=O) groups is 1. The predicted octanol–water partition coefficient (Wildman–Crippen LogP) is 1.53. The number of hydrogen-bond donors (Lipinski definition) is 1. The van der Waals surface area contributed by atoms with E-state index in [1.54, 1.807) is 28.8 Å². The molecule has 1 aromatic heterocycles. The van der Waals surface area contributed by atoms with Crippen LogP contribution < -0.4 is 5.73 Å². The number of rotatable bonds is 6. The minimum atomic E-state index is -0.0146. The van der Waals surface area contributed by atoms with Gasteiger partial charge in [-0.05, 0) is 47.0 Å². The van der Waals surface area contributed by atoms with Crippen LogP contribution in [0, 0.1) is 5.92 Å². The molecule has 0 radical (unpaired) electrons.